The molecule has 114 heavy (non-hydrogen) atoms. The average Bonchev–Trinajstić information content (AvgIpc) is 1.52. The summed E-state index contributed by atoms with van der Waals surface area (Å²) in [6.45, 7) is 19.4. The molecule has 4 nitrogen and oxygen atoms in total. The summed E-state index contributed by atoms with van der Waals surface area (Å²) < 4.78 is 2.13. The van der Waals surface area contributed by atoms with Gasteiger partial charge in [-0.15, -0.1) is 0 Å². The number of hydrogen-bond acceptors (Lipinski definition) is 3. The van der Waals surface area contributed by atoms with Gasteiger partial charge in [0.1, 0.15) is 0 Å². The van der Waals surface area contributed by atoms with Crippen molar-refractivity contribution in [2.24, 2.45) is 0 Å². The number of fused-ring (bicyclic) bond motifs is 23. The summed E-state index contributed by atoms with van der Waals surface area (Å²) in [5.74, 6) is 0.0991. The zero-order valence-corrected chi connectivity index (χ0v) is 63.2. The van der Waals surface area contributed by atoms with E-state index in [4.69, 9.17) is 0 Å². The largest absolute Gasteiger partial charge is 0.317 e. The van der Waals surface area contributed by atoms with Crippen molar-refractivity contribution in [3.63, 3.8) is 0 Å². The Labute approximate surface area is 667 Å². The summed E-state index contributed by atoms with van der Waals surface area (Å²) in [4.78, 5) is 27.8. The minimum Gasteiger partial charge on any atom is -0.317 e. The lowest BCUT2D eigenvalue weighted by Gasteiger charge is -2.30. The third kappa shape index (κ3) is 12.6. The minimum atomic E-state index is -0.468. The average molecular weight is 1460 g/mol. The number of anilines is 3. The van der Waals surface area contributed by atoms with Gasteiger partial charge < -0.3 is 9.47 Å². The lowest BCUT2D eigenvalue weighted by atomic mass is 9.70. The van der Waals surface area contributed by atoms with Crippen LogP contribution in [0.1, 0.15) is 98.6 Å². The second kappa shape index (κ2) is 31.3. The second-order valence-electron chi connectivity index (χ2n) is 28.6. The predicted octanol–water partition coefficient (Wildman–Crippen LogP) is 27.8. The molecule has 4 aliphatic rings. The van der Waals surface area contributed by atoms with E-state index >= 15 is 0 Å². The first kappa shape index (κ1) is 72.0. The molecule has 0 atom stereocenters. The Kier molecular flexibility index (Phi) is 19.8. The van der Waals surface area contributed by atoms with Crippen molar-refractivity contribution in [1.82, 2.24) is 4.57 Å². The maximum atomic E-state index is 13.5. The number of nitrogens with zero attached hydrogens (tertiary/aromatic N) is 2. The zero-order chi connectivity index (χ0) is 77.7. The molecule has 1 aromatic heterocycles. The van der Waals surface area contributed by atoms with Crippen molar-refractivity contribution in [2.45, 2.75) is 10.8 Å². The van der Waals surface area contributed by atoms with Gasteiger partial charge in [0.05, 0.1) is 21.9 Å². The van der Waals surface area contributed by atoms with Gasteiger partial charge in [0, 0.05) is 56.3 Å². The number of carbonyl (C=O) groups excluding carboxylic acids is 2. The monoisotopic (exact) mass is 1460 g/mol. The van der Waals surface area contributed by atoms with E-state index in [0.29, 0.717) is 22.3 Å². The van der Waals surface area contributed by atoms with E-state index in [9.17, 15) is 9.59 Å². The van der Waals surface area contributed by atoms with Crippen LogP contribution in [-0.2, 0) is 10.8 Å². The first-order chi connectivity index (χ1) is 56.2. The van der Waals surface area contributed by atoms with Crippen LogP contribution in [0.5, 0.6) is 0 Å². The molecule has 21 rings (SSSR count). The first-order valence-electron chi connectivity index (χ1n) is 38.5. The van der Waals surface area contributed by atoms with Crippen molar-refractivity contribution < 1.29 is 9.59 Å². The molecule has 2 spiro atoms. The zero-order valence-electron chi connectivity index (χ0n) is 63.2. The van der Waals surface area contributed by atoms with Crippen LogP contribution in [0.2, 0.25) is 0 Å². The fraction of sp³-hybridized carbons (Fsp3) is 0.0182. The maximum Gasteiger partial charge on any atom is 0.193 e. The molecule has 0 saturated heterocycles. The molecular weight excluding hydrogens is 1380 g/mol. The van der Waals surface area contributed by atoms with Gasteiger partial charge in [0.15, 0.2) is 11.6 Å². The normalized spacial score (nSPS) is 12.2. The Morgan fingerprint density at radius 2 is 0.500 bits per heavy atom. The van der Waals surface area contributed by atoms with E-state index in [2.05, 4.69) is 334 Å². The Balaban J connectivity index is 0.000000107. The number of aromatic nitrogens is 1. The molecule has 542 valence electrons. The molecule has 0 radical (unpaired) electrons. The highest BCUT2D eigenvalue weighted by Gasteiger charge is 2.53. The second-order valence-corrected chi connectivity index (χ2v) is 28.6. The quantitative estimate of drug-likeness (QED) is 0.115. The highest BCUT2D eigenvalue weighted by atomic mass is 16.1. The third-order valence-electron chi connectivity index (χ3n) is 22.6. The number of hydrogen-bond donors (Lipinski definition) is 0. The van der Waals surface area contributed by atoms with Crippen LogP contribution in [0.4, 0.5) is 17.1 Å². The molecule has 0 aliphatic heterocycles. The van der Waals surface area contributed by atoms with Crippen LogP contribution < -0.4 is 4.90 Å². The van der Waals surface area contributed by atoms with Crippen LogP contribution >= 0.6 is 0 Å². The summed E-state index contributed by atoms with van der Waals surface area (Å²) in [7, 11) is 0. The molecule has 1 heterocycles. The molecule has 17 aromatic rings. The number of ketones is 2. The summed E-state index contributed by atoms with van der Waals surface area (Å²) in [6.07, 6.45) is 9.35. The predicted molar refractivity (Wildman–Crippen MR) is 479 cm³/mol. The molecule has 0 saturated carbocycles. The molecule has 0 bridgehead atoms. The summed E-state index contributed by atoms with van der Waals surface area (Å²) in [6, 6.07) is 136. The van der Waals surface area contributed by atoms with Crippen molar-refractivity contribution in [3.05, 3.63) is 516 Å². The van der Waals surface area contributed by atoms with Crippen LogP contribution in [0.15, 0.2) is 427 Å². The molecule has 0 unspecified atom stereocenters. The van der Waals surface area contributed by atoms with Crippen LogP contribution in [0, 0.1) is 0 Å². The Hall–Kier alpha value is -14.8. The van der Waals surface area contributed by atoms with Crippen LogP contribution in [0.3, 0.4) is 0 Å². The maximum absolute atomic E-state index is 13.5. The van der Waals surface area contributed by atoms with Gasteiger partial charge in [-0.1, -0.05) is 385 Å². The van der Waals surface area contributed by atoms with Gasteiger partial charge in [0.2, 0.25) is 0 Å². The highest BCUT2D eigenvalue weighted by molar-refractivity contribution is 6.11. The summed E-state index contributed by atoms with van der Waals surface area (Å²) >= 11 is 0. The Morgan fingerprint density at radius 3 is 0.877 bits per heavy atom. The molecule has 16 aromatic carbocycles. The molecule has 0 fully saturated rings. The number of carbonyl (C=O) groups is 2. The standard InChI is InChI=1S/C34H22O.C27H18.C20H17N.C15H12O.C14H11N/c1-2-22-16-18-27-28-19-17-24(33(35)23-10-4-3-5-11-23)21-32(28)34(31(27)20-22)29-14-8-6-12-25(29)26-13-7-9-15-30(26)34;1-2-18-15-16-22-21-11-5-8-14-25(21)27(26(22)17-18)23-12-6-3-9-19(23)20-10-4-7-13-24(20)27;1-2-17-13-15-20(16-14-17)21(18-9-5-3-6-10-18)19-11-7-4-8-12-19;1-2-12-8-10-14(11-9-12)15(16)13-6-4-3-5-7-13;1-2-15-13-9-5-3-7-11(13)12-8-4-6-10-14(12)15/h2-21H,1H2;2-17H,1H2;2-16H,1H2;2-11H,1H2;2-10H,1H2. The minimum absolute atomic E-state index is 0.0471. The van der Waals surface area contributed by atoms with Crippen molar-refractivity contribution in [3.8, 4) is 44.5 Å². The van der Waals surface area contributed by atoms with E-state index in [1.165, 1.54) is 116 Å². The highest BCUT2D eigenvalue weighted by Crippen LogP contribution is 2.65. The van der Waals surface area contributed by atoms with Gasteiger partial charge in [-0.05, 0) is 178 Å². The van der Waals surface area contributed by atoms with Gasteiger partial charge >= 0.3 is 0 Å². The fourth-order valence-electron chi connectivity index (χ4n) is 17.5. The lowest BCUT2D eigenvalue weighted by molar-refractivity contribution is 0.103. The number of benzene rings is 16. The summed E-state index contributed by atoms with van der Waals surface area (Å²) in [5, 5.41) is 2.57. The molecule has 0 amide bonds. The smallest absolute Gasteiger partial charge is 0.193 e. The van der Waals surface area contributed by atoms with Gasteiger partial charge in [-0.3, -0.25) is 9.59 Å². The summed E-state index contributed by atoms with van der Waals surface area (Å²) in [5.41, 5.74) is 33.2. The van der Waals surface area contributed by atoms with E-state index < -0.39 is 5.41 Å². The molecular formula is C110H80N2O2. The van der Waals surface area contributed by atoms with E-state index in [-0.39, 0.29) is 17.0 Å². The van der Waals surface area contributed by atoms with Crippen molar-refractivity contribution in [2.75, 3.05) is 4.90 Å². The van der Waals surface area contributed by atoms with Gasteiger partial charge in [-0.25, -0.2) is 0 Å². The van der Waals surface area contributed by atoms with Crippen molar-refractivity contribution >= 4 is 80.9 Å². The van der Waals surface area contributed by atoms with Gasteiger partial charge in [-0.2, -0.15) is 0 Å². The van der Waals surface area contributed by atoms with Crippen LogP contribution in [-0.4, -0.2) is 16.1 Å². The number of rotatable bonds is 12. The number of para-hydroxylation sites is 4. The van der Waals surface area contributed by atoms with E-state index in [0.717, 1.165) is 33.8 Å². The van der Waals surface area contributed by atoms with E-state index in [1.54, 1.807) is 6.08 Å². The molecule has 4 heteroatoms. The fourth-order valence-corrected chi connectivity index (χ4v) is 17.5. The first-order valence-corrected chi connectivity index (χ1v) is 38.5. The SMILES string of the molecule is C=Cc1ccc(C(=O)c2ccccc2)cc1.C=Cc1ccc(N(c2ccccc2)c2ccccc2)cc1.C=Cc1ccc2c(c1)C1(c3ccccc3-c3ccccc31)c1cc(C(=O)c3ccccc3)ccc1-2.C=Cc1ccc2c(c1)C1(c3ccccc3-c3ccccc31)c1ccccc1-2.C=Cn1c2ccccc2c2ccccc21. The topological polar surface area (TPSA) is 42.3 Å². The van der Waals surface area contributed by atoms with Crippen molar-refractivity contribution in [1.29, 1.82) is 0 Å². The lowest BCUT2D eigenvalue weighted by Crippen LogP contribution is -2.26. The third-order valence-corrected chi connectivity index (χ3v) is 22.6. The molecule has 4 aliphatic carbocycles. The van der Waals surface area contributed by atoms with Gasteiger partial charge in [0.25, 0.3) is 0 Å². The van der Waals surface area contributed by atoms with Crippen LogP contribution in [0.25, 0.3) is 96.8 Å². The Bertz CT molecular complexity index is 6340. The van der Waals surface area contributed by atoms with E-state index in [1.807, 2.05) is 128 Å². The molecule has 0 N–H and O–H groups in total. The Morgan fingerprint density at radius 1 is 0.237 bits per heavy atom.